The lowest BCUT2D eigenvalue weighted by Gasteiger charge is -2.51. The summed E-state index contributed by atoms with van der Waals surface area (Å²) in [5.41, 5.74) is 0. The molecule has 0 atom stereocenters. The van der Waals surface area contributed by atoms with Crippen LogP contribution < -0.4 is 4.90 Å². The number of hydrogen-bond donors (Lipinski definition) is 1. The molecule has 3 aliphatic heterocycles. The number of quaternary nitrogens is 1. The Kier molecular flexibility index (Phi) is 8.60. The van der Waals surface area contributed by atoms with Crippen LogP contribution in [-0.4, -0.2) is 83.9 Å². The van der Waals surface area contributed by atoms with Gasteiger partial charge in [0.25, 0.3) is 0 Å². The van der Waals surface area contributed by atoms with E-state index in [4.69, 9.17) is 17.0 Å². The van der Waals surface area contributed by atoms with Crippen LogP contribution in [0.5, 0.6) is 0 Å². The first-order valence-electron chi connectivity index (χ1n) is 12.1. The van der Waals surface area contributed by atoms with Gasteiger partial charge in [-0.2, -0.15) is 0 Å². The Balaban J connectivity index is 2.02. The Bertz CT molecular complexity index is 555. The Morgan fingerprint density at radius 3 is 1.55 bits per heavy atom. The van der Waals surface area contributed by atoms with Crippen LogP contribution in [-0.2, 0) is 0 Å². The van der Waals surface area contributed by atoms with E-state index in [0.717, 1.165) is 18.2 Å². The van der Waals surface area contributed by atoms with Crippen LogP contribution in [0.2, 0.25) is 0 Å². The molecule has 0 aliphatic carbocycles. The highest BCUT2D eigenvalue weighted by Crippen LogP contribution is 2.67. The van der Waals surface area contributed by atoms with Crippen molar-refractivity contribution < 1.29 is 4.90 Å². The van der Waals surface area contributed by atoms with Crippen LogP contribution in [0.3, 0.4) is 0 Å². The summed E-state index contributed by atoms with van der Waals surface area (Å²) in [6, 6.07) is 0. The van der Waals surface area contributed by atoms with Gasteiger partial charge in [0.1, 0.15) is 7.36 Å². The summed E-state index contributed by atoms with van der Waals surface area (Å²) in [5, 5.41) is 1.01. The second-order valence-corrected chi connectivity index (χ2v) is 14.5. The zero-order valence-corrected chi connectivity index (χ0v) is 21.2. The minimum atomic E-state index is -1.92. The molecule has 168 valence electrons. The monoisotopic (exact) mass is 442 g/mol. The largest absolute Gasteiger partial charge is 0.336 e. The maximum absolute atomic E-state index is 6.06. The van der Waals surface area contributed by atoms with E-state index in [1.54, 1.807) is 4.90 Å². The zero-order chi connectivity index (χ0) is 20.9. The van der Waals surface area contributed by atoms with E-state index in [9.17, 15) is 0 Å². The smallest absolute Gasteiger partial charge is 0.196 e. The van der Waals surface area contributed by atoms with Gasteiger partial charge in [0.15, 0.2) is 5.11 Å². The third-order valence-electron chi connectivity index (χ3n) is 6.97. The maximum atomic E-state index is 6.06. The van der Waals surface area contributed by atoms with Crippen molar-refractivity contribution in [2.45, 2.75) is 77.3 Å². The SMILES string of the molecule is C[NH+]1CCN(C(=S)N=P(N2CCCCCC2)(N2CCCCCC2)C(C)(C)C)CC1. The predicted molar refractivity (Wildman–Crippen MR) is 130 cm³/mol. The minimum absolute atomic E-state index is 0.115. The first-order valence-corrected chi connectivity index (χ1v) is 14.1. The summed E-state index contributed by atoms with van der Waals surface area (Å²) < 4.78 is 11.3. The fourth-order valence-electron chi connectivity index (χ4n) is 5.23. The van der Waals surface area contributed by atoms with Gasteiger partial charge < -0.3 is 9.80 Å². The standard InChI is InChI=1S/C22H44N5PS/c1-22(2,3)28(26-13-9-5-6-10-14-26,27-15-11-7-8-12-16-27)23-21(29)25-19-17-24(4)18-20-25/h5-20H2,1-4H3/p+1. The van der Waals surface area contributed by atoms with Crippen molar-refractivity contribution in [2.75, 3.05) is 59.4 Å². The molecule has 3 aliphatic rings. The molecule has 0 unspecified atom stereocenters. The lowest BCUT2D eigenvalue weighted by molar-refractivity contribution is -0.883. The third-order valence-corrected chi connectivity index (χ3v) is 12.1. The van der Waals surface area contributed by atoms with Crippen LogP contribution >= 0.6 is 19.6 Å². The van der Waals surface area contributed by atoms with Crippen LogP contribution in [0, 0.1) is 0 Å². The molecule has 5 nitrogen and oxygen atoms in total. The quantitative estimate of drug-likeness (QED) is 0.521. The molecule has 0 amide bonds. The highest BCUT2D eigenvalue weighted by Gasteiger charge is 2.45. The molecule has 0 aromatic carbocycles. The van der Waals surface area contributed by atoms with E-state index in [1.807, 2.05) is 0 Å². The highest BCUT2D eigenvalue weighted by molar-refractivity contribution is 7.81. The maximum Gasteiger partial charge on any atom is 0.196 e. The summed E-state index contributed by atoms with van der Waals surface area (Å²) in [5.74, 6) is 0. The van der Waals surface area contributed by atoms with Gasteiger partial charge in [-0.1, -0.05) is 46.5 Å². The number of likely N-dealkylation sites (N-methyl/N-ethyl adjacent to an activating group) is 1. The number of piperazine rings is 1. The predicted octanol–water partition coefficient (Wildman–Crippen LogP) is 3.68. The van der Waals surface area contributed by atoms with E-state index in [2.05, 4.69) is 42.1 Å². The topological polar surface area (TPSA) is 26.5 Å². The van der Waals surface area contributed by atoms with E-state index >= 15 is 0 Å². The van der Waals surface area contributed by atoms with Gasteiger partial charge in [-0.3, -0.25) is 9.34 Å². The van der Waals surface area contributed by atoms with Gasteiger partial charge >= 0.3 is 0 Å². The number of hydrogen-bond acceptors (Lipinski definition) is 1. The van der Waals surface area contributed by atoms with Gasteiger partial charge in [-0.25, -0.2) is 4.74 Å². The van der Waals surface area contributed by atoms with Crippen molar-refractivity contribution in [1.29, 1.82) is 0 Å². The Morgan fingerprint density at radius 2 is 1.17 bits per heavy atom. The van der Waals surface area contributed by atoms with Crippen molar-refractivity contribution in [3.8, 4) is 0 Å². The summed E-state index contributed by atoms with van der Waals surface area (Å²) in [6.07, 6.45) is 10.7. The molecule has 3 heterocycles. The molecule has 0 spiro atoms. The van der Waals surface area contributed by atoms with Gasteiger partial charge in [0.05, 0.1) is 33.2 Å². The molecule has 3 rings (SSSR count). The third kappa shape index (κ3) is 5.63. The van der Waals surface area contributed by atoms with Gasteiger partial charge in [-0.15, -0.1) is 0 Å². The zero-order valence-electron chi connectivity index (χ0n) is 19.5. The lowest BCUT2D eigenvalue weighted by Crippen LogP contribution is -3.12. The van der Waals surface area contributed by atoms with Crippen LogP contribution in [0.4, 0.5) is 0 Å². The van der Waals surface area contributed by atoms with Crippen molar-refractivity contribution in [2.24, 2.45) is 4.74 Å². The molecule has 7 heteroatoms. The molecule has 3 fully saturated rings. The number of nitrogens with one attached hydrogen (secondary N) is 1. The second-order valence-electron chi connectivity index (χ2n) is 10.3. The normalized spacial score (nSPS) is 24.8. The molecular formula is C22H45N5PS+. The van der Waals surface area contributed by atoms with E-state index < -0.39 is 7.36 Å². The van der Waals surface area contributed by atoms with Crippen LogP contribution in [0.1, 0.15) is 72.1 Å². The van der Waals surface area contributed by atoms with Crippen molar-refractivity contribution >= 4 is 24.7 Å². The molecule has 3 saturated heterocycles. The van der Waals surface area contributed by atoms with E-state index in [-0.39, 0.29) is 5.16 Å². The molecule has 29 heavy (non-hydrogen) atoms. The lowest BCUT2D eigenvalue weighted by atomic mass is 10.2. The van der Waals surface area contributed by atoms with Crippen molar-refractivity contribution in [3.05, 3.63) is 0 Å². The van der Waals surface area contributed by atoms with E-state index in [0.29, 0.717) is 0 Å². The molecule has 1 N–H and O–H groups in total. The first kappa shape index (κ1) is 23.7. The van der Waals surface area contributed by atoms with Crippen molar-refractivity contribution in [3.63, 3.8) is 0 Å². The molecule has 0 aromatic heterocycles. The molecular weight excluding hydrogens is 397 g/mol. The summed E-state index contributed by atoms with van der Waals surface area (Å²) in [6.45, 7) is 16.6. The Labute approximate surface area is 185 Å². The molecule has 0 bridgehead atoms. The minimum Gasteiger partial charge on any atom is -0.336 e. The summed E-state index contributed by atoms with van der Waals surface area (Å²) >= 11 is 6.06. The van der Waals surface area contributed by atoms with Gasteiger partial charge in [-0.05, 0) is 37.9 Å². The fourth-order valence-corrected chi connectivity index (χ4v) is 10.4. The number of rotatable bonds is 2. The van der Waals surface area contributed by atoms with Crippen LogP contribution in [0.15, 0.2) is 4.74 Å². The molecule has 0 saturated carbocycles. The van der Waals surface area contributed by atoms with Crippen molar-refractivity contribution in [1.82, 2.24) is 14.2 Å². The highest BCUT2D eigenvalue weighted by atomic mass is 32.1. The van der Waals surface area contributed by atoms with Crippen LogP contribution in [0.25, 0.3) is 0 Å². The van der Waals surface area contributed by atoms with Gasteiger partial charge in [0, 0.05) is 31.3 Å². The summed E-state index contributed by atoms with van der Waals surface area (Å²) in [4.78, 5) is 4.01. The second kappa shape index (κ2) is 10.5. The Morgan fingerprint density at radius 1 is 0.759 bits per heavy atom. The fraction of sp³-hybridized carbons (Fsp3) is 0.955. The van der Waals surface area contributed by atoms with Gasteiger partial charge in [0.2, 0.25) is 0 Å². The molecule has 0 radical (unpaired) electrons. The average molecular weight is 443 g/mol. The summed E-state index contributed by atoms with van der Waals surface area (Å²) in [7, 11) is 0.368. The number of thiocarbonyl (C=S) groups is 1. The van der Waals surface area contributed by atoms with E-state index in [1.165, 1.54) is 90.6 Å². The Hall–Kier alpha value is 0.0000000000000000139. The number of nitrogens with zero attached hydrogens (tertiary/aromatic N) is 4. The average Bonchev–Trinajstić information content (AvgIpc) is 3.11. The first-order chi connectivity index (χ1) is 13.8. The molecule has 0 aromatic rings.